The summed E-state index contributed by atoms with van der Waals surface area (Å²) in [7, 11) is 0. The van der Waals surface area contributed by atoms with Gasteiger partial charge in [-0.3, -0.25) is 5.43 Å². The monoisotopic (exact) mass is 344 g/mol. The van der Waals surface area contributed by atoms with Gasteiger partial charge < -0.3 is 18.9 Å². The van der Waals surface area contributed by atoms with Gasteiger partial charge in [-0.05, 0) is 24.1 Å². The zero-order valence-electron chi connectivity index (χ0n) is 12.7. The van der Waals surface area contributed by atoms with Crippen LogP contribution in [0, 0.1) is 5.92 Å². The average Bonchev–Trinajstić information content (AvgIpc) is 3.14. The third-order valence-electron chi connectivity index (χ3n) is 3.88. The average molecular weight is 344 g/mol. The second-order valence-corrected chi connectivity index (χ2v) is 5.47. The lowest BCUT2D eigenvalue weighted by Gasteiger charge is -2.16. The summed E-state index contributed by atoms with van der Waals surface area (Å²) in [6, 6.07) is 6.08. The maximum Gasteiger partial charge on any atom is 0.421 e. The molecular formula is C15H18F2N2O5. The number of hydrogen-bond donors (Lipinski definition) is 2. The van der Waals surface area contributed by atoms with Gasteiger partial charge in [-0.25, -0.2) is 10.2 Å². The number of alkyl halides is 2. The first kappa shape index (κ1) is 16.9. The molecule has 1 aromatic carbocycles. The summed E-state index contributed by atoms with van der Waals surface area (Å²) in [4.78, 5) is 11.8. The smallest absolute Gasteiger partial charge is 0.421 e. The summed E-state index contributed by atoms with van der Waals surface area (Å²) in [6.07, 6.45) is -0.382. The van der Waals surface area contributed by atoms with Crippen LogP contribution in [0.3, 0.4) is 0 Å². The Kier molecular flexibility index (Phi) is 5.44. The maximum atomic E-state index is 12.0. The van der Waals surface area contributed by atoms with E-state index in [9.17, 15) is 13.6 Å². The van der Waals surface area contributed by atoms with Crippen LogP contribution in [0.5, 0.6) is 5.75 Å². The topological polar surface area (TPSA) is 78.1 Å². The van der Waals surface area contributed by atoms with Crippen LogP contribution in [-0.2, 0) is 20.8 Å². The van der Waals surface area contributed by atoms with Crippen molar-refractivity contribution < 1.29 is 32.5 Å². The molecule has 0 unspecified atom stereocenters. The number of carbonyl (C=O) groups excluding carboxylic acids is 1. The summed E-state index contributed by atoms with van der Waals surface area (Å²) in [5, 5.41) is 0. The fraction of sp³-hybridized carbons (Fsp3) is 0.533. The molecule has 2 aliphatic heterocycles. The largest absolute Gasteiger partial charge is 0.442 e. The van der Waals surface area contributed by atoms with Gasteiger partial charge in [0.1, 0.15) is 11.9 Å². The fourth-order valence-corrected chi connectivity index (χ4v) is 2.72. The van der Waals surface area contributed by atoms with E-state index in [0.29, 0.717) is 19.8 Å². The predicted molar refractivity (Wildman–Crippen MR) is 77.1 cm³/mol. The van der Waals surface area contributed by atoms with Crippen LogP contribution in [0.25, 0.3) is 0 Å². The number of carbonyl (C=O) groups is 1. The Balaban J connectivity index is 1.37. The molecule has 2 fully saturated rings. The zero-order chi connectivity index (χ0) is 16.9. The van der Waals surface area contributed by atoms with Gasteiger partial charge in [-0.2, -0.15) is 8.78 Å². The summed E-state index contributed by atoms with van der Waals surface area (Å²) >= 11 is 0. The molecule has 0 saturated carbocycles. The molecule has 0 bridgehead atoms. The van der Waals surface area contributed by atoms with E-state index < -0.39 is 12.7 Å². The van der Waals surface area contributed by atoms with Gasteiger partial charge in [0.05, 0.1) is 19.1 Å². The van der Waals surface area contributed by atoms with Crippen molar-refractivity contribution in [2.75, 3.05) is 13.2 Å². The third-order valence-corrected chi connectivity index (χ3v) is 3.88. The third kappa shape index (κ3) is 4.31. The van der Waals surface area contributed by atoms with Crippen LogP contribution < -0.4 is 15.6 Å². The number of amides is 1. The van der Waals surface area contributed by atoms with Crippen LogP contribution in [0.15, 0.2) is 24.3 Å². The Hall–Kier alpha value is -1.97. The van der Waals surface area contributed by atoms with Gasteiger partial charge in [0.25, 0.3) is 0 Å². The highest BCUT2D eigenvalue weighted by Gasteiger charge is 2.43. The first-order chi connectivity index (χ1) is 11.6. The van der Waals surface area contributed by atoms with E-state index >= 15 is 0 Å². The van der Waals surface area contributed by atoms with E-state index in [2.05, 4.69) is 15.6 Å². The molecule has 2 N–H and O–H groups in total. The van der Waals surface area contributed by atoms with Crippen LogP contribution in [-0.4, -0.2) is 38.3 Å². The molecule has 2 aliphatic rings. The van der Waals surface area contributed by atoms with Gasteiger partial charge in [0.15, 0.2) is 6.29 Å². The second kappa shape index (κ2) is 7.73. The summed E-state index contributed by atoms with van der Waals surface area (Å²) in [5.41, 5.74) is 5.92. The van der Waals surface area contributed by atoms with Crippen molar-refractivity contribution in [2.45, 2.75) is 32.0 Å². The quantitative estimate of drug-likeness (QED) is 0.766. The standard InChI is InChI=1S/C15H18F2N2O5/c16-14(17)23-10-3-1-9(2-4-10)7-18-19-15(20)24-12-8-22-13-11(12)5-6-21-13/h1-4,11-14,18H,5-8H2,(H,19,20)/t11-,12-,13+/m0/s1. The molecule has 0 radical (unpaired) electrons. The molecule has 0 spiro atoms. The molecule has 2 heterocycles. The molecule has 7 nitrogen and oxygen atoms in total. The summed E-state index contributed by atoms with van der Waals surface area (Å²) in [6.45, 7) is -1.61. The van der Waals surface area contributed by atoms with E-state index in [0.717, 1.165) is 12.0 Å². The number of nitrogens with one attached hydrogen (secondary N) is 2. The molecule has 3 atom stereocenters. The number of rotatable bonds is 6. The Morgan fingerprint density at radius 3 is 2.83 bits per heavy atom. The van der Waals surface area contributed by atoms with Crippen LogP contribution in [0.1, 0.15) is 12.0 Å². The number of benzene rings is 1. The highest BCUT2D eigenvalue weighted by atomic mass is 19.3. The lowest BCUT2D eigenvalue weighted by molar-refractivity contribution is -0.0907. The Morgan fingerprint density at radius 2 is 2.08 bits per heavy atom. The van der Waals surface area contributed by atoms with Gasteiger partial charge in [0, 0.05) is 6.54 Å². The van der Waals surface area contributed by atoms with Crippen molar-refractivity contribution in [3.8, 4) is 5.75 Å². The molecule has 24 heavy (non-hydrogen) atoms. The van der Waals surface area contributed by atoms with E-state index in [-0.39, 0.29) is 24.1 Å². The normalized spacial score (nSPS) is 25.5. The molecule has 0 aliphatic carbocycles. The Morgan fingerprint density at radius 1 is 1.29 bits per heavy atom. The minimum Gasteiger partial charge on any atom is -0.442 e. The predicted octanol–water partition coefficient (Wildman–Crippen LogP) is 1.78. The van der Waals surface area contributed by atoms with Gasteiger partial charge >= 0.3 is 12.7 Å². The van der Waals surface area contributed by atoms with Crippen molar-refractivity contribution in [1.82, 2.24) is 10.9 Å². The van der Waals surface area contributed by atoms with Crippen molar-refractivity contribution in [1.29, 1.82) is 0 Å². The minimum atomic E-state index is -2.85. The number of fused-ring (bicyclic) bond motifs is 1. The van der Waals surface area contributed by atoms with Gasteiger partial charge in [-0.15, -0.1) is 0 Å². The van der Waals surface area contributed by atoms with Crippen LogP contribution >= 0.6 is 0 Å². The number of halogens is 2. The molecule has 1 amide bonds. The van der Waals surface area contributed by atoms with E-state index in [1.54, 1.807) is 12.1 Å². The summed E-state index contributed by atoms with van der Waals surface area (Å²) in [5.74, 6) is 0.161. The number of hydrogen-bond acceptors (Lipinski definition) is 6. The van der Waals surface area contributed by atoms with Crippen molar-refractivity contribution in [2.24, 2.45) is 5.92 Å². The first-order valence-corrected chi connectivity index (χ1v) is 7.58. The Bertz CT molecular complexity index is 557. The van der Waals surface area contributed by atoms with E-state index in [1.165, 1.54) is 12.1 Å². The zero-order valence-corrected chi connectivity index (χ0v) is 12.7. The fourth-order valence-electron chi connectivity index (χ4n) is 2.72. The van der Waals surface area contributed by atoms with Crippen molar-refractivity contribution in [3.05, 3.63) is 29.8 Å². The molecule has 132 valence electrons. The van der Waals surface area contributed by atoms with Crippen molar-refractivity contribution >= 4 is 6.09 Å². The number of hydrazine groups is 1. The van der Waals surface area contributed by atoms with Gasteiger partial charge in [-0.1, -0.05) is 12.1 Å². The van der Waals surface area contributed by atoms with E-state index in [4.69, 9.17) is 14.2 Å². The molecule has 3 rings (SSSR count). The second-order valence-electron chi connectivity index (χ2n) is 5.47. The van der Waals surface area contributed by atoms with Crippen LogP contribution in [0.2, 0.25) is 0 Å². The van der Waals surface area contributed by atoms with E-state index in [1.807, 2.05) is 0 Å². The molecule has 2 saturated heterocycles. The lowest BCUT2D eigenvalue weighted by atomic mass is 10.0. The minimum absolute atomic E-state index is 0.0793. The first-order valence-electron chi connectivity index (χ1n) is 7.58. The van der Waals surface area contributed by atoms with Crippen molar-refractivity contribution in [3.63, 3.8) is 0 Å². The molecular weight excluding hydrogens is 326 g/mol. The molecule has 1 aromatic rings. The summed E-state index contributed by atoms with van der Waals surface area (Å²) < 4.78 is 44.4. The maximum absolute atomic E-state index is 12.0. The Labute approximate surface area is 137 Å². The lowest BCUT2D eigenvalue weighted by Crippen LogP contribution is -2.40. The SMILES string of the molecule is O=C(NNCc1ccc(OC(F)F)cc1)O[C@H]1CO[C@H]2OCC[C@H]21. The van der Waals surface area contributed by atoms with Crippen LogP contribution in [0.4, 0.5) is 13.6 Å². The molecule has 0 aromatic heterocycles. The van der Waals surface area contributed by atoms with Gasteiger partial charge in [0.2, 0.25) is 0 Å². The highest BCUT2D eigenvalue weighted by Crippen LogP contribution is 2.32. The number of ether oxygens (including phenoxy) is 4. The highest BCUT2D eigenvalue weighted by molar-refractivity contribution is 5.66. The molecule has 9 heteroatoms.